The van der Waals surface area contributed by atoms with Crippen LogP contribution >= 0.6 is 0 Å². The summed E-state index contributed by atoms with van der Waals surface area (Å²) in [5.41, 5.74) is -0.268. The third-order valence-electron chi connectivity index (χ3n) is 4.05. The summed E-state index contributed by atoms with van der Waals surface area (Å²) in [5, 5.41) is 5.51. The van der Waals surface area contributed by atoms with Crippen LogP contribution in [0.3, 0.4) is 0 Å². The first kappa shape index (κ1) is 20.2. The van der Waals surface area contributed by atoms with Crippen molar-refractivity contribution in [2.45, 2.75) is 20.4 Å². The number of hydrogen-bond acceptors (Lipinski definition) is 5. The molecule has 144 valence electrons. The molecule has 0 aliphatic carbocycles. The van der Waals surface area contributed by atoms with Crippen molar-refractivity contribution in [3.8, 4) is 11.5 Å². The van der Waals surface area contributed by atoms with Gasteiger partial charge in [0.2, 0.25) is 11.8 Å². The van der Waals surface area contributed by atoms with Crippen LogP contribution in [0.5, 0.6) is 11.5 Å². The van der Waals surface area contributed by atoms with Crippen LogP contribution in [0.1, 0.15) is 19.4 Å². The number of methoxy groups -OCH3 is 1. The first-order valence-corrected chi connectivity index (χ1v) is 8.66. The molecule has 2 aromatic rings. The highest BCUT2D eigenvalue weighted by Gasteiger charge is 2.35. The van der Waals surface area contributed by atoms with Crippen LogP contribution in [0.25, 0.3) is 0 Å². The van der Waals surface area contributed by atoms with Gasteiger partial charge in [-0.1, -0.05) is 0 Å². The van der Waals surface area contributed by atoms with Crippen LogP contribution in [-0.2, 0) is 16.1 Å². The maximum absolute atomic E-state index is 12.4. The Bertz CT molecular complexity index is 746. The summed E-state index contributed by atoms with van der Waals surface area (Å²) in [6, 6.07) is 10.8. The Kier molecular flexibility index (Phi) is 7.16. The van der Waals surface area contributed by atoms with E-state index in [-0.39, 0.29) is 11.8 Å². The molecule has 0 saturated carbocycles. The summed E-state index contributed by atoms with van der Waals surface area (Å²) >= 11 is 0. The van der Waals surface area contributed by atoms with E-state index in [1.165, 1.54) is 0 Å². The molecule has 2 amide bonds. The first-order valence-electron chi connectivity index (χ1n) is 8.66. The average Bonchev–Trinajstić information content (AvgIpc) is 2.70. The Morgan fingerprint density at radius 1 is 0.963 bits per heavy atom. The summed E-state index contributed by atoms with van der Waals surface area (Å²) < 4.78 is 10.6. The molecule has 0 aliphatic heterocycles. The molecule has 0 radical (unpaired) electrons. The fourth-order valence-corrected chi connectivity index (χ4v) is 2.23. The number of aromatic nitrogens is 1. The van der Waals surface area contributed by atoms with Crippen molar-refractivity contribution < 1.29 is 19.1 Å². The van der Waals surface area contributed by atoms with E-state index in [2.05, 4.69) is 15.6 Å². The van der Waals surface area contributed by atoms with E-state index in [4.69, 9.17) is 9.47 Å². The van der Waals surface area contributed by atoms with Crippen LogP contribution in [0.15, 0.2) is 48.8 Å². The van der Waals surface area contributed by atoms with E-state index in [1.54, 1.807) is 57.6 Å². The average molecular weight is 371 g/mol. The zero-order chi connectivity index (χ0) is 19.7. The van der Waals surface area contributed by atoms with Gasteiger partial charge in [-0.2, -0.15) is 0 Å². The summed E-state index contributed by atoms with van der Waals surface area (Å²) in [7, 11) is 1.60. The van der Waals surface area contributed by atoms with Crippen LogP contribution in [0.2, 0.25) is 0 Å². The highest BCUT2D eigenvalue weighted by Crippen LogP contribution is 2.17. The monoisotopic (exact) mass is 371 g/mol. The minimum absolute atomic E-state index is 0.298. The second kappa shape index (κ2) is 9.56. The van der Waals surface area contributed by atoms with Gasteiger partial charge in [0.1, 0.15) is 23.5 Å². The molecule has 0 saturated heterocycles. The van der Waals surface area contributed by atoms with Crippen molar-refractivity contribution >= 4 is 11.8 Å². The van der Waals surface area contributed by atoms with Gasteiger partial charge in [-0.05, 0) is 55.8 Å². The predicted molar refractivity (Wildman–Crippen MR) is 101 cm³/mol. The second-order valence-corrected chi connectivity index (χ2v) is 6.44. The molecule has 1 aromatic carbocycles. The van der Waals surface area contributed by atoms with E-state index < -0.39 is 5.41 Å². The highest BCUT2D eigenvalue weighted by atomic mass is 16.5. The molecule has 0 aliphatic rings. The number of carbonyl (C=O) groups excluding carboxylic acids is 2. The van der Waals surface area contributed by atoms with Gasteiger partial charge in [-0.15, -0.1) is 0 Å². The molecule has 0 bridgehead atoms. The number of nitrogens with one attached hydrogen (secondary N) is 2. The quantitative estimate of drug-likeness (QED) is 0.519. The first-order chi connectivity index (χ1) is 12.9. The Balaban J connectivity index is 1.74. The number of pyridine rings is 1. The van der Waals surface area contributed by atoms with Gasteiger partial charge >= 0.3 is 0 Å². The maximum atomic E-state index is 12.4. The Labute approximate surface area is 159 Å². The molecule has 2 rings (SSSR count). The van der Waals surface area contributed by atoms with Gasteiger partial charge in [0.25, 0.3) is 0 Å². The zero-order valence-corrected chi connectivity index (χ0v) is 15.8. The van der Waals surface area contributed by atoms with E-state index in [0.29, 0.717) is 25.4 Å². The normalized spacial score (nSPS) is 10.8. The molecular formula is C20H25N3O4. The molecule has 27 heavy (non-hydrogen) atoms. The standard InChI is InChI=1S/C20H25N3O4/c1-20(2,19(25)23-14-15-8-10-21-11-9-15)18(24)22-12-13-27-17-6-4-16(26-3)5-7-17/h4-11H,12-14H2,1-3H3,(H,22,24)(H,23,25). The zero-order valence-electron chi connectivity index (χ0n) is 15.8. The lowest BCUT2D eigenvalue weighted by atomic mass is 9.91. The lowest BCUT2D eigenvalue weighted by Crippen LogP contribution is -2.48. The van der Waals surface area contributed by atoms with Crippen LogP contribution in [0.4, 0.5) is 0 Å². The molecule has 0 fully saturated rings. The van der Waals surface area contributed by atoms with Crippen molar-refractivity contribution in [1.29, 1.82) is 0 Å². The van der Waals surface area contributed by atoms with Crippen molar-refractivity contribution in [1.82, 2.24) is 15.6 Å². The Hall–Kier alpha value is -3.09. The number of rotatable bonds is 9. The number of ether oxygens (including phenoxy) is 2. The minimum Gasteiger partial charge on any atom is -0.497 e. The largest absolute Gasteiger partial charge is 0.497 e. The molecular weight excluding hydrogens is 346 g/mol. The predicted octanol–water partition coefficient (Wildman–Crippen LogP) is 1.93. The second-order valence-electron chi connectivity index (χ2n) is 6.44. The third-order valence-corrected chi connectivity index (χ3v) is 4.05. The fourth-order valence-electron chi connectivity index (χ4n) is 2.23. The van der Waals surface area contributed by atoms with Crippen molar-refractivity contribution in [2.75, 3.05) is 20.3 Å². The minimum atomic E-state index is -1.19. The summed E-state index contributed by atoms with van der Waals surface area (Å²) in [6.45, 7) is 4.13. The maximum Gasteiger partial charge on any atom is 0.235 e. The van der Waals surface area contributed by atoms with Gasteiger partial charge in [0.15, 0.2) is 0 Å². The SMILES string of the molecule is COc1ccc(OCCNC(=O)C(C)(C)C(=O)NCc2ccncc2)cc1. The molecule has 1 aromatic heterocycles. The number of amides is 2. The van der Waals surface area contributed by atoms with Gasteiger partial charge in [0, 0.05) is 18.9 Å². The number of benzene rings is 1. The topological polar surface area (TPSA) is 89.5 Å². The van der Waals surface area contributed by atoms with Crippen molar-refractivity contribution in [2.24, 2.45) is 5.41 Å². The van der Waals surface area contributed by atoms with E-state index >= 15 is 0 Å². The molecule has 7 heteroatoms. The van der Waals surface area contributed by atoms with Crippen molar-refractivity contribution in [3.05, 3.63) is 54.4 Å². The van der Waals surface area contributed by atoms with E-state index in [9.17, 15) is 9.59 Å². The van der Waals surface area contributed by atoms with E-state index in [1.807, 2.05) is 12.1 Å². The summed E-state index contributed by atoms with van der Waals surface area (Å²) in [6.07, 6.45) is 3.31. The Morgan fingerprint density at radius 3 is 2.19 bits per heavy atom. The molecule has 7 nitrogen and oxygen atoms in total. The summed E-state index contributed by atoms with van der Waals surface area (Å²) in [4.78, 5) is 28.6. The molecule has 0 atom stereocenters. The molecule has 0 unspecified atom stereocenters. The summed E-state index contributed by atoms with van der Waals surface area (Å²) in [5.74, 6) is 0.732. The number of carbonyl (C=O) groups is 2. The van der Waals surface area contributed by atoms with Gasteiger partial charge < -0.3 is 20.1 Å². The highest BCUT2D eigenvalue weighted by molar-refractivity contribution is 6.04. The van der Waals surface area contributed by atoms with Crippen molar-refractivity contribution in [3.63, 3.8) is 0 Å². The van der Waals surface area contributed by atoms with Gasteiger partial charge in [-0.25, -0.2) is 0 Å². The van der Waals surface area contributed by atoms with Crippen LogP contribution in [0, 0.1) is 5.41 Å². The molecule has 1 heterocycles. The molecule has 0 spiro atoms. The van der Waals surface area contributed by atoms with E-state index in [0.717, 1.165) is 11.3 Å². The lowest BCUT2D eigenvalue weighted by Gasteiger charge is -2.22. The smallest absolute Gasteiger partial charge is 0.235 e. The van der Waals surface area contributed by atoms with Gasteiger partial charge in [-0.3, -0.25) is 14.6 Å². The number of nitrogens with zero attached hydrogens (tertiary/aromatic N) is 1. The van der Waals surface area contributed by atoms with Gasteiger partial charge in [0.05, 0.1) is 13.7 Å². The Morgan fingerprint density at radius 2 is 1.56 bits per heavy atom. The van der Waals surface area contributed by atoms with Crippen LogP contribution < -0.4 is 20.1 Å². The fraction of sp³-hybridized carbons (Fsp3) is 0.350. The van der Waals surface area contributed by atoms with Crippen LogP contribution in [-0.4, -0.2) is 37.1 Å². The number of hydrogen-bond donors (Lipinski definition) is 2. The molecule has 2 N–H and O–H groups in total. The lowest BCUT2D eigenvalue weighted by molar-refractivity contribution is -0.141. The third kappa shape index (κ3) is 5.99.